The molecular formula is C14H21BrClN3O. The van der Waals surface area contributed by atoms with Gasteiger partial charge in [0.15, 0.2) is 0 Å². The molecule has 4 nitrogen and oxygen atoms in total. The largest absolute Gasteiger partial charge is 0.351 e. The number of nitrogens with one attached hydrogen (secondary N) is 2. The molecule has 1 aromatic carbocycles. The Morgan fingerprint density at radius 2 is 2.10 bits per heavy atom. The van der Waals surface area contributed by atoms with Crippen molar-refractivity contribution in [3.63, 3.8) is 0 Å². The molecule has 0 unspecified atom stereocenters. The van der Waals surface area contributed by atoms with Gasteiger partial charge in [0, 0.05) is 43.7 Å². The molecule has 1 amide bonds. The highest BCUT2D eigenvalue weighted by molar-refractivity contribution is 9.10. The molecule has 0 aromatic heterocycles. The van der Waals surface area contributed by atoms with E-state index >= 15 is 0 Å². The van der Waals surface area contributed by atoms with E-state index in [0.717, 1.165) is 42.8 Å². The second kappa shape index (κ2) is 8.62. The Morgan fingerprint density at radius 1 is 1.40 bits per heavy atom. The van der Waals surface area contributed by atoms with Crippen LogP contribution in [0.2, 0.25) is 0 Å². The molecule has 0 aliphatic carbocycles. The topological polar surface area (TPSA) is 44.4 Å². The van der Waals surface area contributed by atoms with Crippen LogP contribution in [0.3, 0.4) is 0 Å². The maximum atomic E-state index is 12.0. The van der Waals surface area contributed by atoms with Crippen molar-refractivity contribution in [2.45, 2.75) is 6.92 Å². The molecule has 1 saturated heterocycles. The fraction of sp³-hybridized carbons (Fsp3) is 0.500. The molecule has 1 fully saturated rings. The lowest BCUT2D eigenvalue weighted by Gasteiger charge is -2.27. The summed E-state index contributed by atoms with van der Waals surface area (Å²) in [5, 5.41) is 6.29. The van der Waals surface area contributed by atoms with Gasteiger partial charge >= 0.3 is 0 Å². The Labute approximate surface area is 134 Å². The highest BCUT2D eigenvalue weighted by atomic mass is 79.9. The zero-order chi connectivity index (χ0) is 13.7. The van der Waals surface area contributed by atoms with E-state index in [1.807, 2.05) is 25.1 Å². The lowest BCUT2D eigenvalue weighted by molar-refractivity contribution is 0.0946. The molecule has 0 atom stereocenters. The van der Waals surface area contributed by atoms with E-state index in [4.69, 9.17) is 0 Å². The number of piperazine rings is 1. The monoisotopic (exact) mass is 361 g/mol. The predicted molar refractivity (Wildman–Crippen MR) is 87.8 cm³/mol. The number of hydrogen-bond donors (Lipinski definition) is 2. The highest BCUT2D eigenvalue weighted by Gasteiger charge is 2.12. The molecule has 0 saturated carbocycles. The van der Waals surface area contributed by atoms with Gasteiger partial charge < -0.3 is 10.6 Å². The maximum Gasteiger partial charge on any atom is 0.252 e. The number of carbonyl (C=O) groups excluding carboxylic acids is 1. The average molecular weight is 363 g/mol. The Balaban J connectivity index is 0.00000200. The molecule has 0 bridgehead atoms. The molecule has 20 heavy (non-hydrogen) atoms. The van der Waals surface area contributed by atoms with Crippen molar-refractivity contribution in [1.82, 2.24) is 15.5 Å². The SMILES string of the molecule is Cc1ccc(C(=O)NCCN2CCNCC2)c(Br)c1.Cl. The fourth-order valence-electron chi connectivity index (χ4n) is 2.16. The third-order valence-electron chi connectivity index (χ3n) is 3.29. The van der Waals surface area contributed by atoms with E-state index in [2.05, 4.69) is 31.5 Å². The van der Waals surface area contributed by atoms with Crippen LogP contribution in [-0.4, -0.2) is 50.1 Å². The molecule has 1 aromatic rings. The van der Waals surface area contributed by atoms with Crippen molar-refractivity contribution in [2.24, 2.45) is 0 Å². The molecular weight excluding hydrogens is 342 g/mol. The molecule has 2 N–H and O–H groups in total. The standard InChI is InChI=1S/C14H20BrN3O.ClH/c1-11-2-3-12(13(15)10-11)14(19)17-6-9-18-7-4-16-5-8-18;/h2-3,10,16H,4-9H2,1H3,(H,17,19);1H. The van der Waals surface area contributed by atoms with Crippen molar-refractivity contribution in [1.29, 1.82) is 0 Å². The number of carbonyl (C=O) groups is 1. The van der Waals surface area contributed by atoms with Crippen molar-refractivity contribution < 1.29 is 4.79 Å². The summed E-state index contributed by atoms with van der Waals surface area (Å²) in [6.45, 7) is 7.82. The summed E-state index contributed by atoms with van der Waals surface area (Å²) in [4.78, 5) is 14.4. The lowest BCUT2D eigenvalue weighted by atomic mass is 10.1. The Hall–Kier alpha value is -0.620. The summed E-state index contributed by atoms with van der Waals surface area (Å²) in [5.41, 5.74) is 1.84. The second-order valence-electron chi connectivity index (χ2n) is 4.83. The van der Waals surface area contributed by atoms with Gasteiger partial charge in [0.2, 0.25) is 0 Å². The van der Waals surface area contributed by atoms with Gasteiger partial charge in [0.1, 0.15) is 0 Å². The zero-order valence-electron chi connectivity index (χ0n) is 11.6. The van der Waals surface area contributed by atoms with Crippen LogP contribution < -0.4 is 10.6 Å². The van der Waals surface area contributed by atoms with E-state index < -0.39 is 0 Å². The van der Waals surface area contributed by atoms with E-state index in [1.165, 1.54) is 0 Å². The quantitative estimate of drug-likeness (QED) is 0.859. The Bertz CT molecular complexity index is 450. The predicted octanol–water partition coefficient (Wildman–Crippen LogP) is 1.81. The number of amides is 1. The van der Waals surface area contributed by atoms with Gasteiger partial charge in [-0.3, -0.25) is 9.69 Å². The minimum absolute atomic E-state index is 0. The Morgan fingerprint density at radius 3 is 2.75 bits per heavy atom. The molecule has 1 heterocycles. The normalized spacial score (nSPS) is 15.5. The fourth-order valence-corrected chi connectivity index (χ4v) is 2.84. The zero-order valence-corrected chi connectivity index (χ0v) is 14.0. The lowest BCUT2D eigenvalue weighted by Crippen LogP contribution is -2.46. The smallest absolute Gasteiger partial charge is 0.252 e. The first-order valence-electron chi connectivity index (χ1n) is 6.64. The van der Waals surface area contributed by atoms with E-state index in [0.29, 0.717) is 12.1 Å². The summed E-state index contributed by atoms with van der Waals surface area (Å²) in [6, 6.07) is 5.78. The van der Waals surface area contributed by atoms with Crippen LogP contribution in [0.4, 0.5) is 0 Å². The third kappa shape index (κ3) is 5.05. The highest BCUT2D eigenvalue weighted by Crippen LogP contribution is 2.18. The molecule has 1 aliphatic rings. The van der Waals surface area contributed by atoms with Gasteiger partial charge in [0.25, 0.3) is 5.91 Å². The molecule has 2 rings (SSSR count). The van der Waals surface area contributed by atoms with Crippen molar-refractivity contribution in [2.75, 3.05) is 39.3 Å². The molecule has 112 valence electrons. The Kier molecular flexibility index (Phi) is 7.51. The minimum Gasteiger partial charge on any atom is -0.351 e. The van der Waals surface area contributed by atoms with Crippen LogP contribution in [0.25, 0.3) is 0 Å². The minimum atomic E-state index is -0.0120. The summed E-state index contributed by atoms with van der Waals surface area (Å²) in [5.74, 6) is -0.0120. The van der Waals surface area contributed by atoms with Crippen LogP contribution in [0.15, 0.2) is 22.7 Å². The number of benzene rings is 1. The van der Waals surface area contributed by atoms with Crippen molar-refractivity contribution in [3.8, 4) is 0 Å². The van der Waals surface area contributed by atoms with Gasteiger partial charge in [-0.05, 0) is 40.5 Å². The maximum absolute atomic E-state index is 12.0. The van der Waals surface area contributed by atoms with E-state index in [9.17, 15) is 4.79 Å². The molecule has 1 aliphatic heterocycles. The first-order valence-corrected chi connectivity index (χ1v) is 7.43. The first-order chi connectivity index (χ1) is 9.16. The second-order valence-corrected chi connectivity index (χ2v) is 5.69. The van der Waals surface area contributed by atoms with Crippen molar-refractivity contribution in [3.05, 3.63) is 33.8 Å². The van der Waals surface area contributed by atoms with E-state index in [1.54, 1.807) is 0 Å². The van der Waals surface area contributed by atoms with Crippen LogP contribution in [0, 0.1) is 6.92 Å². The summed E-state index contributed by atoms with van der Waals surface area (Å²) < 4.78 is 0.854. The summed E-state index contributed by atoms with van der Waals surface area (Å²) >= 11 is 3.44. The van der Waals surface area contributed by atoms with Gasteiger partial charge in [-0.1, -0.05) is 6.07 Å². The van der Waals surface area contributed by atoms with Gasteiger partial charge in [-0.2, -0.15) is 0 Å². The van der Waals surface area contributed by atoms with Crippen molar-refractivity contribution >= 4 is 34.2 Å². The number of rotatable bonds is 4. The number of hydrogen-bond acceptors (Lipinski definition) is 3. The van der Waals surface area contributed by atoms with Gasteiger partial charge in [0.05, 0.1) is 5.56 Å². The molecule has 6 heteroatoms. The number of nitrogens with zero attached hydrogens (tertiary/aromatic N) is 1. The van der Waals surface area contributed by atoms with Gasteiger partial charge in [-0.15, -0.1) is 12.4 Å². The third-order valence-corrected chi connectivity index (χ3v) is 3.95. The van der Waals surface area contributed by atoms with Crippen LogP contribution in [0.5, 0.6) is 0 Å². The number of halogens is 2. The summed E-state index contributed by atoms with van der Waals surface area (Å²) in [6.07, 6.45) is 0. The first kappa shape index (κ1) is 17.4. The van der Waals surface area contributed by atoms with Crippen LogP contribution in [0.1, 0.15) is 15.9 Å². The number of aryl methyl sites for hydroxylation is 1. The van der Waals surface area contributed by atoms with Gasteiger partial charge in [-0.25, -0.2) is 0 Å². The average Bonchev–Trinajstić information content (AvgIpc) is 2.39. The summed E-state index contributed by atoms with van der Waals surface area (Å²) in [7, 11) is 0. The van der Waals surface area contributed by atoms with Crippen LogP contribution in [-0.2, 0) is 0 Å². The van der Waals surface area contributed by atoms with E-state index in [-0.39, 0.29) is 18.3 Å². The molecule has 0 radical (unpaired) electrons. The van der Waals surface area contributed by atoms with Crippen LogP contribution >= 0.6 is 28.3 Å². The molecule has 0 spiro atoms.